The largest absolute Gasteiger partial charge is 0.383 e. The number of aryl methyl sites for hydroxylation is 1. The van der Waals surface area contributed by atoms with Crippen molar-refractivity contribution in [2.45, 2.75) is 25.8 Å². The Balaban J connectivity index is 1.92. The Kier molecular flexibility index (Phi) is 2.81. The van der Waals surface area contributed by atoms with Gasteiger partial charge < -0.3 is 10.6 Å². The third-order valence-corrected chi connectivity index (χ3v) is 3.42. The summed E-state index contributed by atoms with van der Waals surface area (Å²) in [5.74, 6) is 1.15. The van der Waals surface area contributed by atoms with Crippen LogP contribution in [0, 0.1) is 0 Å². The van der Waals surface area contributed by atoms with Crippen molar-refractivity contribution >= 4 is 22.8 Å². The molecule has 1 amide bonds. The Morgan fingerprint density at radius 3 is 3.00 bits per heavy atom. The van der Waals surface area contributed by atoms with Crippen LogP contribution in [0.3, 0.4) is 0 Å². The van der Waals surface area contributed by atoms with Gasteiger partial charge in [0.05, 0.1) is 18.1 Å². The molecule has 1 saturated heterocycles. The second kappa shape index (κ2) is 4.49. The summed E-state index contributed by atoms with van der Waals surface area (Å²) in [6, 6.07) is 0. The summed E-state index contributed by atoms with van der Waals surface area (Å²) in [5, 5.41) is 4.86. The van der Waals surface area contributed by atoms with E-state index in [0.29, 0.717) is 30.3 Å². The minimum absolute atomic E-state index is 0.165. The van der Waals surface area contributed by atoms with Crippen molar-refractivity contribution < 1.29 is 4.79 Å². The van der Waals surface area contributed by atoms with E-state index in [0.717, 1.165) is 24.8 Å². The standard InChI is InChI=1S/C12H16N6O/c1-17-12-8(6-14-17)11(13)15-9(16-12)7-18-5-3-2-4-10(18)19/h6H,2-5,7H2,1H3,(H2,13,15,16). The van der Waals surface area contributed by atoms with Gasteiger partial charge in [-0.15, -0.1) is 0 Å². The highest BCUT2D eigenvalue weighted by molar-refractivity contribution is 5.85. The molecule has 3 heterocycles. The van der Waals surface area contributed by atoms with Crippen LogP contribution in [0.25, 0.3) is 11.0 Å². The third kappa shape index (κ3) is 2.11. The Hall–Kier alpha value is -2.18. The van der Waals surface area contributed by atoms with Gasteiger partial charge >= 0.3 is 0 Å². The number of hydrogen-bond acceptors (Lipinski definition) is 5. The van der Waals surface area contributed by atoms with Gasteiger partial charge in [-0.3, -0.25) is 9.48 Å². The maximum atomic E-state index is 11.8. The smallest absolute Gasteiger partial charge is 0.222 e. The molecule has 3 rings (SSSR count). The number of likely N-dealkylation sites (tertiary alicyclic amines) is 1. The molecule has 0 bridgehead atoms. The van der Waals surface area contributed by atoms with Crippen molar-refractivity contribution in [2.24, 2.45) is 7.05 Å². The first-order chi connectivity index (χ1) is 9.15. The minimum atomic E-state index is 0.165. The van der Waals surface area contributed by atoms with Crippen LogP contribution in [0.4, 0.5) is 5.82 Å². The number of nitrogen functional groups attached to an aromatic ring is 1. The van der Waals surface area contributed by atoms with Gasteiger partial charge in [0.2, 0.25) is 5.91 Å². The first-order valence-electron chi connectivity index (χ1n) is 6.37. The minimum Gasteiger partial charge on any atom is -0.383 e. The van der Waals surface area contributed by atoms with E-state index in [1.165, 1.54) is 0 Å². The van der Waals surface area contributed by atoms with Crippen LogP contribution < -0.4 is 5.73 Å². The van der Waals surface area contributed by atoms with E-state index in [1.54, 1.807) is 15.8 Å². The summed E-state index contributed by atoms with van der Waals surface area (Å²) >= 11 is 0. The van der Waals surface area contributed by atoms with Gasteiger partial charge in [-0.25, -0.2) is 9.97 Å². The van der Waals surface area contributed by atoms with E-state index < -0.39 is 0 Å². The average molecular weight is 260 g/mol. The van der Waals surface area contributed by atoms with E-state index in [4.69, 9.17) is 5.73 Å². The van der Waals surface area contributed by atoms with Crippen LogP contribution in [0.5, 0.6) is 0 Å². The van der Waals surface area contributed by atoms with Crippen LogP contribution in [-0.2, 0) is 18.4 Å². The summed E-state index contributed by atoms with van der Waals surface area (Å²) < 4.78 is 1.66. The van der Waals surface area contributed by atoms with E-state index in [9.17, 15) is 4.79 Å². The molecule has 7 heteroatoms. The molecule has 2 aromatic rings. The Bertz CT molecular complexity index is 634. The lowest BCUT2D eigenvalue weighted by Gasteiger charge is -2.25. The van der Waals surface area contributed by atoms with Crippen LogP contribution in [-0.4, -0.2) is 37.1 Å². The number of amides is 1. The third-order valence-electron chi connectivity index (χ3n) is 3.42. The predicted octanol–water partition coefficient (Wildman–Crippen LogP) is 0.458. The van der Waals surface area contributed by atoms with Gasteiger partial charge in [0, 0.05) is 20.0 Å². The van der Waals surface area contributed by atoms with Gasteiger partial charge in [-0.1, -0.05) is 0 Å². The molecule has 1 fully saturated rings. The molecule has 0 unspecified atom stereocenters. The molecule has 100 valence electrons. The molecule has 2 aromatic heterocycles. The molecule has 19 heavy (non-hydrogen) atoms. The lowest BCUT2D eigenvalue weighted by molar-refractivity contribution is -0.134. The molecule has 0 radical (unpaired) electrons. The van der Waals surface area contributed by atoms with Crippen LogP contribution in [0.1, 0.15) is 25.1 Å². The molecule has 0 spiro atoms. The molecule has 1 aliphatic rings. The number of nitrogens with two attached hydrogens (primary N) is 1. The van der Waals surface area contributed by atoms with Crippen molar-refractivity contribution in [3.05, 3.63) is 12.0 Å². The number of nitrogens with zero attached hydrogens (tertiary/aromatic N) is 5. The van der Waals surface area contributed by atoms with Gasteiger partial charge in [-0.05, 0) is 12.8 Å². The predicted molar refractivity (Wildman–Crippen MR) is 70.0 cm³/mol. The Labute approximate surface area is 110 Å². The summed E-state index contributed by atoms with van der Waals surface area (Å²) in [6.07, 6.45) is 4.28. The number of rotatable bonds is 2. The van der Waals surface area contributed by atoms with Gasteiger partial charge in [0.25, 0.3) is 0 Å². The molecule has 7 nitrogen and oxygen atoms in total. The number of aromatic nitrogens is 4. The fourth-order valence-electron chi connectivity index (χ4n) is 2.36. The van der Waals surface area contributed by atoms with Crippen molar-refractivity contribution in [1.82, 2.24) is 24.6 Å². The van der Waals surface area contributed by atoms with Crippen LogP contribution >= 0.6 is 0 Å². The van der Waals surface area contributed by atoms with Crippen molar-refractivity contribution in [3.63, 3.8) is 0 Å². The fraction of sp³-hybridized carbons (Fsp3) is 0.500. The summed E-state index contributed by atoms with van der Waals surface area (Å²) in [4.78, 5) is 22.3. The topological polar surface area (TPSA) is 89.9 Å². The summed E-state index contributed by atoms with van der Waals surface area (Å²) in [7, 11) is 1.81. The highest BCUT2D eigenvalue weighted by atomic mass is 16.2. The van der Waals surface area contributed by atoms with Gasteiger partial charge in [0.15, 0.2) is 11.5 Å². The number of anilines is 1. The maximum absolute atomic E-state index is 11.8. The molecular weight excluding hydrogens is 244 g/mol. The number of carbonyl (C=O) groups excluding carboxylic acids is 1. The Morgan fingerprint density at radius 2 is 2.21 bits per heavy atom. The first kappa shape index (κ1) is 11.9. The maximum Gasteiger partial charge on any atom is 0.222 e. The first-order valence-corrected chi connectivity index (χ1v) is 6.37. The SMILES string of the molecule is Cn1ncc2c(N)nc(CN3CCCCC3=O)nc21. The molecule has 0 saturated carbocycles. The normalized spacial score (nSPS) is 16.3. The Morgan fingerprint density at radius 1 is 1.37 bits per heavy atom. The zero-order chi connectivity index (χ0) is 13.4. The second-order valence-corrected chi connectivity index (χ2v) is 4.80. The lowest BCUT2D eigenvalue weighted by Crippen LogP contribution is -2.35. The summed E-state index contributed by atoms with van der Waals surface area (Å²) in [6.45, 7) is 1.19. The van der Waals surface area contributed by atoms with E-state index in [1.807, 2.05) is 7.05 Å². The summed E-state index contributed by atoms with van der Waals surface area (Å²) in [5.41, 5.74) is 6.60. The lowest BCUT2D eigenvalue weighted by atomic mass is 10.1. The van der Waals surface area contributed by atoms with E-state index >= 15 is 0 Å². The zero-order valence-corrected chi connectivity index (χ0v) is 10.8. The molecular formula is C12H16N6O. The highest BCUT2D eigenvalue weighted by Crippen LogP contribution is 2.18. The quantitative estimate of drug-likeness (QED) is 0.847. The molecule has 0 aromatic carbocycles. The zero-order valence-electron chi connectivity index (χ0n) is 10.8. The van der Waals surface area contributed by atoms with Crippen LogP contribution in [0.15, 0.2) is 6.20 Å². The molecule has 2 N–H and O–H groups in total. The van der Waals surface area contributed by atoms with Gasteiger partial charge in [-0.2, -0.15) is 5.10 Å². The number of piperidine rings is 1. The molecule has 0 atom stereocenters. The molecule has 0 aliphatic carbocycles. The van der Waals surface area contributed by atoms with Gasteiger partial charge in [0.1, 0.15) is 5.82 Å². The number of hydrogen-bond donors (Lipinski definition) is 1. The second-order valence-electron chi connectivity index (χ2n) is 4.80. The monoisotopic (exact) mass is 260 g/mol. The van der Waals surface area contributed by atoms with Crippen molar-refractivity contribution in [3.8, 4) is 0 Å². The number of carbonyl (C=O) groups is 1. The van der Waals surface area contributed by atoms with E-state index in [-0.39, 0.29) is 5.91 Å². The molecule has 1 aliphatic heterocycles. The number of fused-ring (bicyclic) bond motifs is 1. The van der Waals surface area contributed by atoms with E-state index in [2.05, 4.69) is 15.1 Å². The average Bonchev–Trinajstić information content (AvgIpc) is 2.75. The van der Waals surface area contributed by atoms with Crippen LogP contribution in [0.2, 0.25) is 0 Å². The van der Waals surface area contributed by atoms with Crippen molar-refractivity contribution in [2.75, 3.05) is 12.3 Å². The fourth-order valence-corrected chi connectivity index (χ4v) is 2.36. The highest BCUT2D eigenvalue weighted by Gasteiger charge is 2.20. The van der Waals surface area contributed by atoms with Crippen molar-refractivity contribution in [1.29, 1.82) is 0 Å².